The van der Waals surface area contributed by atoms with E-state index in [1.54, 1.807) is 27.7 Å². The fraction of sp³-hybridized carbons (Fsp3) is 0.350. The molecule has 0 aromatic heterocycles. The van der Waals surface area contributed by atoms with Crippen molar-refractivity contribution < 1.29 is 22.7 Å². The molecule has 2 aromatic rings. The highest BCUT2D eigenvalue weighted by Crippen LogP contribution is 2.23. The lowest BCUT2D eigenvalue weighted by Crippen LogP contribution is -2.33. The van der Waals surface area contributed by atoms with Crippen LogP contribution in [-0.2, 0) is 9.84 Å². The van der Waals surface area contributed by atoms with Crippen LogP contribution in [0, 0.1) is 18.7 Å². The van der Waals surface area contributed by atoms with E-state index in [4.69, 9.17) is 0 Å². The highest BCUT2D eigenvalue weighted by atomic mass is 32.2. The molecule has 1 amide bonds. The van der Waals surface area contributed by atoms with E-state index < -0.39 is 27.3 Å². The molecule has 2 rings (SSSR count). The molecule has 2 N–H and O–H groups in total. The van der Waals surface area contributed by atoms with Crippen LogP contribution < -0.4 is 5.32 Å². The van der Waals surface area contributed by atoms with Crippen LogP contribution in [0.5, 0.6) is 0 Å². The molecule has 0 aliphatic heterocycles. The Labute approximate surface area is 159 Å². The lowest BCUT2D eigenvalue weighted by atomic mass is 9.95. The number of carbonyl (C=O) groups is 1. The molecule has 0 aliphatic rings. The summed E-state index contributed by atoms with van der Waals surface area (Å²) >= 11 is 0. The van der Waals surface area contributed by atoms with Gasteiger partial charge in [0.1, 0.15) is 5.82 Å². The number of aryl methyl sites for hydroxylation is 1. The number of carbonyl (C=O) groups excluding carboxylic acids is 1. The number of hydrogen-bond acceptors (Lipinski definition) is 4. The Morgan fingerprint density at radius 2 is 1.89 bits per heavy atom. The summed E-state index contributed by atoms with van der Waals surface area (Å²) in [5, 5.41) is 12.6. The van der Waals surface area contributed by atoms with Crippen molar-refractivity contribution in [1.29, 1.82) is 0 Å². The smallest absolute Gasteiger partial charge is 0.255 e. The van der Waals surface area contributed by atoms with Gasteiger partial charge in [0.25, 0.3) is 5.91 Å². The van der Waals surface area contributed by atoms with Crippen molar-refractivity contribution >= 4 is 21.4 Å². The minimum atomic E-state index is -3.67. The van der Waals surface area contributed by atoms with E-state index in [1.165, 1.54) is 42.5 Å². The second-order valence-corrected chi connectivity index (χ2v) is 9.32. The van der Waals surface area contributed by atoms with Gasteiger partial charge in [0.2, 0.25) is 0 Å². The molecular formula is C20H24FNO4S. The van der Waals surface area contributed by atoms with Crippen LogP contribution in [0.4, 0.5) is 10.1 Å². The zero-order chi connectivity index (χ0) is 20.4. The summed E-state index contributed by atoms with van der Waals surface area (Å²) in [7, 11) is -3.67. The standard InChI is InChI=1S/C20H24FNO4S/c1-13-10-16(8-9-18(13)21)22-19(23)15-6-5-7-17(11-15)27(25,26)12-14(2)20(3,4)24/h5-11,14,24H,12H2,1-4H3,(H,22,23). The molecule has 0 radical (unpaired) electrons. The van der Waals surface area contributed by atoms with Crippen molar-refractivity contribution in [2.24, 2.45) is 5.92 Å². The second-order valence-electron chi connectivity index (χ2n) is 7.28. The van der Waals surface area contributed by atoms with E-state index in [0.717, 1.165) is 0 Å². The first kappa shape index (κ1) is 21.1. The highest BCUT2D eigenvalue weighted by molar-refractivity contribution is 7.91. The van der Waals surface area contributed by atoms with Crippen molar-refractivity contribution in [2.75, 3.05) is 11.1 Å². The van der Waals surface area contributed by atoms with Gasteiger partial charge < -0.3 is 10.4 Å². The normalized spacial score (nSPS) is 13.3. The quantitative estimate of drug-likeness (QED) is 0.786. The maximum atomic E-state index is 13.3. The van der Waals surface area contributed by atoms with E-state index in [1.807, 2.05) is 0 Å². The van der Waals surface area contributed by atoms with Crippen LogP contribution in [0.1, 0.15) is 36.7 Å². The van der Waals surface area contributed by atoms with Crippen LogP contribution in [-0.4, -0.2) is 30.8 Å². The molecule has 1 unspecified atom stereocenters. The number of anilines is 1. The van der Waals surface area contributed by atoms with Gasteiger partial charge in [-0.1, -0.05) is 13.0 Å². The number of aliphatic hydroxyl groups is 1. The minimum Gasteiger partial charge on any atom is -0.390 e. The summed E-state index contributed by atoms with van der Waals surface area (Å²) in [6.07, 6.45) is 0. The van der Waals surface area contributed by atoms with Crippen molar-refractivity contribution in [1.82, 2.24) is 0 Å². The zero-order valence-corrected chi connectivity index (χ0v) is 16.6. The lowest BCUT2D eigenvalue weighted by molar-refractivity contribution is 0.0339. The Hall–Kier alpha value is -2.25. The van der Waals surface area contributed by atoms with Crippen molar-refractivity contribution in [2.45, 2.75) is 38.2 Å². The average molecular weight is 393 g/mol. The Morgan fingerprint density at radius 1 is 1.22 bits per heavy atom. The van der Waals surface area contributed by atoms with E-state index >= 15 is 0 Å². The van der Waals surface area contributed by atoms with E-state index in [2.05, 4.69) is 5.32 Å². The molecule has 1 atom stereocenters. The van der Waals surface area contributed by atoms with Crippen LogP contribution in [0.15, 0.2) is 47.4 Å². The Bertz CT molecular complexity index is 949. The van der Waals surface area contributed by atoms with Gasteiger partial charge in [-0.15, -0.1) is 0 Å². The number of hydrogen-bond donors (Lipinski definition) is 2. The van der Waals surface area contributed by atoms with E-state index in [-0.39, 0.29) is 22.0 Å². The lowest BCUT2D eigenvalue weighted by Gasteiger charge is -2.25. The van der Waals surface area contributed by atoms with Crippen LogP contribution in [0.25, 0.3) is 0 Å². The van der Waals surface area contributed by atoms with Crippen molar-refractivity contribution in [3.63, 3.8) is 0 Å². The summed E-state index contributed by atoms with van der Waals surface area (Å²) in [5.41, 5.74) is -0.149. The molecular weight excluding hydrogens is 369 g/mol. The molecule has 146 valence electrons. The molecule has 7 heteroatoms. The number of rotatable bonds is 6. The molecule has 2 aromatic carbocycles. The predicted octanol–water partition coefficient (Wildman–Crippen LogP) is 3.57. The van der Waals surface area contributed by atoms with Crippen LogP contribution >= 0.6 is 0 Å². The predicted molar refractivity (Wildman–Crippen MR) is 103 cm³/mol. The largest absolute Gasteiger partial charge is 0.390 e. The van der Waals surface area contributed by atoms with E-state index in [0.29, 0.717) is 11.3 Å². The fourth-order valence-corrected chi connectivity index (χ4v) is 4.24. The molecule has 27 heavy (non-hydrogen) atoms. The molecule has 0 aliphatic carbocycles. The fourth-order valence-electron chi connectivity index (χ4n) is 2.39. The first-order valence-corrected chi connectivity index (χ1v) is 10.2. The van der Waals surface area contributed by atoms with Gasteiger partial charge >= 0.3 is 0 Å². The first-order chi connectivity index (χ1) is 12.4. The average Bonchev–Trinajstić information content (AvgIpc) is 2.57. The molecule has 0 saturated heterocycles. The number of benzene rings is 2. The highest BCUT2D eigenvalue weighted by Gasteiger charge is 2.29. The molecule has 0 bridgehead atoms. The van der Waals surface area contributed by atoms with Gasteiger partial charge in [0.15, 0.2) is 9.84 Å². The van der Waals surface area contributed by atoms with Gasteiger partial charge in [0, 0.05) is 11.3 Å². The van der Waals surface area contributed by atoms with Crippen molar-refractivity contribution in [3.8, 4) is 0 Å². The van der Waals surface area contributed by atoms with Crippen LogP contribution in [0.2, 0.25) is 0 Å². The minimum absolute atomic E-state index is 0.0153. The second kappa shape index (κ2) is 7.78. The van der Waals surface area contributed by atoms with Gasteiger partial charge in [-0.25, -0.2) is 12.8 Å². The third-order valence-corrected chi connectivity index (χ3v) is 6.46. The number of amides is 1. The summed E-state index contributed by atoms with van der Waals surface area (Å²) in [4.78, 5) is 12.4. The Balaban J connectivity index is 2.23. The monoisotopic (exact) mass is 393 g/mol. The van der Waals surface area contributed by atoms with Gasteiger partial charge in [-0.05, 0) is 68.7 Å². The van der Waals surface area contributed by atoms with Gasteiger partial charge in [0.05, 0.1) is 16.2 Å². The summed E-state index contributed by atoms with van der Waals surface area (Å²) in [5.74, 6) is -1.59. The third-order valence-electron chi connectivity index (χ3n) is 4.55. The zero-order valence-electron chi connectivity index (χ0n) is 15.8. The summed E-state index contributed by atoms with van der Waals surface area (Å²) < 4.78 is 38.6. The van der Waals surface area contributed by atoms with Gasteiger partial charge in [-0.3, -0.25) is 4.79 Å². The SMILES string of the molecule is Cc1cc(NC(=O)c2cccc(S(=O)(=O)CC(C)C(C)(C)O)c2)ccc1F. The van der Waals surface area contributed by atoms with E-state index in [9.17, 15) is 22.7 Å². The number of halogens is 1. The molecule has 0 heterocycles. The van der Waals surface area contributed by atoms with Crippen LogP contribution in [0.3, 0.4) is 0 Å². The maximum absolute atomic E-state index is 13.3. The number of sulfone groups is 1. The Morgan fingerprint density at radius 3 is 2.48 bits per heavy atom. The Kier molecular flexibility index (Phi) is 6.07. The van der Waals surface area contributed by atoms with Crippen molar-refractivity contribution in [3.05, 3.63) is 59.4 Å². The third kappa shape index (κ3) is 5.37. The topological polar surface area (TPSA) is 83.5 Å². The number of nitrogens with one attached hydrogen (secondary N) is 1. The molecule has 0 spiro atoms. The molecule has 5 nitrogen and oxygen atoms in total. The molecule has 0 fully saturated rings. The summed E-state index contributed by atoms with van der Waals surface area (Å²) in [6, 6.07) is 9.91. The van der Waals surface area contributed by atoms with Gasteiger partial charge in [-0.2, -0.15) is 0 Å². The molecule has 0 saturated carbocycles. The first-order valence-electron chi connectivity index (χ1n) is 8.53. The maximum Gasteiger partial charge on any atom is 0.255 e. The summed E-state index contributed by atoms with van der Waals surface area (Å²) in [6.45, 7) is 6.36.